The van der Waals surface area contributed by atoms with E-state index in [4.69, 9.17) is 15.2 Å². The normalized spacial score (nSPS) is 26.9. The molecule has 0 saturated carbocycles. The van der Waals surface area contributed by atoms with Crippen molar-refractivity contribution in [3.8, 4) is 0 Å². The van der Waals surface area contributed by atoms with Crippen molar-refractivity contribution in [1.29, 1.82) is 0 Å². The number of likely N-dealkylation sites (tertiary alicyclic amines) is 1. The minimum Gasteiger partial charge on any atom is -0.444 e. The maximum atomic E-state index is 11.8. The zero-order valence-corrected chi connectivity index (χ0v) is 11.6. The van der Waals surface area contributed by atoms with Gasteiger partial charge in [0, 0.05) is 25.0 Å². The molecule has 5 nitrogen and oxygen atoms in total. The van der Waals surface area contributed by atoms with Crippen molar-refractivity contribution < 1.29 is 14.3 Å². The van der Waals surface area contributed by atoms with Crippen LogP contribution in [0.15, 0.2) is 0 Å². The highest BCUT2D eigenvalue weighted by Gasteiger charge is 2.48. The lowest BCUT2D eigenvalue weighted by Gasteiger charge is -2.52. The van der Waals surface area contributed by atoms with Crippen molar-refractivity contribution in [3.63, 3.8) is 0 Å². The molecule has 5 heteroatoms. The van der Waals surface area contributed by atoms with Gasteiger partial charge in [0.05, 0.1) is 12.7 Å². The number of amides is 1. The number of nitrogens with two attached hydrogens (primary N) is 1. The van der Waals surface area contributed by atoms with Gasteiger partial charge >= 0.3 is 6.09 Å². The predicted octanol–water partition coefficient (Wildman–Crippen LogP) is 1.36. The van der Waals surface area contributed by atoms with E-state index in [-0.39, 0.29) is 17.6 Å². The van der Waals surface area contributed by atoms with Crippen LogP contribution in [0.1, 0.15) is 33.6 Å². The van der Waals surface area contributed by atoms with Crippen molar-refractivity contribution in [3.05, 3.63) is 0 Å². The Morgan fingerprint density at radius 1 is 1.50 bits per heavy atom. The van der Waals surface area contributed by atoms with Crippen molar-refractivity contribution in [2.75, 3.05) is 26.2 Å². The lowest BCUT2D eigenvalue weighted by molar-refractivity contribution is -0.125. The number of nitrogens with zero attached hydrogens (tertiary/aromatic N) is 1. The summed E-state index contributed by atoms with van der Waals surface area (Å²) in [5.74, 6) is 0. The number of rotatable bonds is 1. The van der Waals surface area contributed by atoms with E-state index in [0.717, 1.165) is 25.9 Å². The molecule has 2 heterocycles. The largest absolute Gasteiger partial charge is 0.444 e. The number of carbonyl (C=O) groups is 1. The van der Waals surface area contributed by atoms with Crippen LogP contribution in [0.25, 0.3) is 0 Å². The number of hydrogen-bond acceptors (Lipinski definition) is 4. The zero-order chi connectivity index (χ0) is 13.4. The molecule has 2 rings (SSSR count). The molecule has 0 aliphatic carbocycles. The third kappa shape index (κ3) is 2.95. The molecule has 2 aliphatic rings. The summed E-state index contributed by atoms with van der Waals surface area (Å²) < 4.78 is 11.1. The van der Waals surface area contributed by atoms with E-state index < -0.39 is 5.60 Å². The van der Waals surface area contributed by atoms with Crippen molar-refractivity contribution in [1.82, 2.24) is 4.90 Å². The number of ether oxygens (including phenoxy) is 2. The molecule has 0 radical (unpaired) electrons. The monoisotopic (exact) mass is 256 g/mol. The predicted molar refractivity (Wildman–Crippen MR) is 68.3 cm³/mol. The Bertz CT molecular complexity index is 309. The molecule has 1 spiro atoms. The first-order chi connectivity index (χ1) is 8.34. The molecule has 0 aromatic rings. The van der Waals surface area contributed by atoms with Crippen LogP contribution in [0.5, 0.6) is 0 Å². The molecule has 104 valence electrons. The van der Waals surface area contributed by atoms with Crippen molar-refractivity contribution in [2.24, 2.45) is 11.1 Å². The standard InChI is InChI=1S/C13H24N2O3/c1-12(2,3)18-11(16)15-7-13(8-15)5-4-10(6-14)17-9-13/h10H,4-9,14H2,1-3H3. The SMILES string of the molecule is CC(C)(C)OC(=O)N1CC2(CCC(CN)OC2)C1. The van der Waals surface area contributed by atoms with Crippen molar-refractivity contribution >= 4 is 6.09 Å². The van der Waals surface area contributed by atoms with Gasteiger partial charge in [0.25, 0.3) is 0 Å². The molecule has 2 N–H and O–H groups in total. The third-order valence-corrected chi connectivity index (χ3v) is 3.59. The first-order valence-electron chi connectivity index (χ1n) is 6.63. The highest BCUT2D eigenvalue weighted by molar-refractivity contribution is 5.69. The Kier molecular flexibility index (Phi) is 3.56. The van der Waals surface area contributed by atoms with Crippen LogP contribution in [-0.4, -0.2) is 48.9 Å². The second kappa shape index (κ2) is 4.70. The average Bonchev–Trinajstić information content (AvgIpc) is 2.23. The quantitative estimate of drug-likeness (QED) is 0.769. The first kappa shape index (κ1) is 13.6. The molecule has 2 aliphatic heterocycles. The summed E-state index contributed by atoms with van der Waals surface area (Å²) in [6.07, 6.45) is 2.08. The van der Waals surface area contributed by atoms with Gasteiger partial charge in [0.15, 0.2) is 0 Å². The van der Waals surface area contributed by atoms with Crippen molar-refractivity contribution in [2.45, 2.75) is 45.3 Å². The van der Waals surface area contributed by atoms with Crippen LogP contribution in [0, 0.1) is 5.41 Å². The summed E-state index contributed by atoms with van der Waals surface area (Å²) in [4.78, 5) is 13.6. The molecule has 0 aromatic carbocycles. The molecule has 0 aromatic heterocycles. The van der Waals surface area contributed by atoms with Crippen LogP contribution in [0.3, 0.4) is 0 Å². The van der Waals surface area contributed by atoms with Gasteiger partial charge in [-0.3, -0.25) is 0 Å². The summed E-state index contributed by atoms with van der Waals surface area (Å²) in [5, 5.41) is 0. The van der Waals surface area contributed by atoms with E-state index in [9.17, 15) is 4.79 Å². The molecule has 0 bridgehead atoms. The molecule has 1 amide bonds. The van der Waals surface area contributed by atoms with Gasteiger partial charge in [-0.1, -0.05) is 0 Å². The van der Waals surface area contributed by atoms with Gasteiger partial charge in [0.2, 0.25) is 0 Å². The molecule has 2 fully saturated rings. The van der Waals surface area contributed by atoms with Crippen LogP contribution in [-0.2, 0) is 9.47 Å². The number of hydrogen-bond donors (Lipinski definition) is 1. The van der Waals surface area contributed by atoms with Gasteiger partial charge < -0.3 is 20.1 Å². The van der Waals surface area contributed by atoms with E-state index in [1.54, 1.807) is 4.90 Å². The molecular weight excluding hydrogens is 232 g/mol. The zero-order valence-electron chi connectivity index (χ0n) is 11.6. The fourth-order valence-corrected chi connectivity index (χ4v) is 2.57. The summed E-state index contributed by atoms with van der Waals surface area (Å²) >= 11 is 0. The van der Waals surface area contributed by atoms with Gasteiger partial charge in [-0.25, -0.2) is 4.79 Å². The van der Waals surface area contributed by atoms with E-state index in [1.165, 1.54) is 0 Å². The van der Waals surface area contributed by atoms with Crippen LogP contribution in [0.4, 0.5) is 4.79 Å². The average molecular weight is 256 g/mol. The van der Waals surface area contributed by atoms with Crippen LogP contribution in [0.2, 0.25) is 0 Å². The van der Waals surface area contributed by atoms with Gasteiger partial charge in [0.1, 0.15) is 5.60 Å². The second-order valence-corrected chi connectivity index (χ2v) is 6.54. The summed E-state index contributed by atoms with van der Waals surface area (Å²) in [6.45, 7) is 8.46. The molecule has 1 unspecified atom stereocenters. The smallest absolute Gasteiger partial charge is 0.410 e. The Hall–Kier alpha value is -0.810. The molecule has 1 atom stereocenters. The van der Waals surface area contributed by atoms with Crippen LogP contribution < -0.4 is 5.73 Å². The van der Waals surface area contributed by atoms with E-state index in [0.29, 0.717) is 13.2 Å². The maximum absolute atomic E-state index is 11.8. The van der Waals surface area contributed by atoms with Gasteiger partial charge in [-0.2, -0.15) is 0 Å². The molecular formula is C13H24N2O3. The van der Waals surface area contributed by atoms with Gasteiger partial charge in [-0.05, 0) is 33.6 Å². The third-order valence-electron chi connectivity index (χ3n) is 3.59. The lowest BCUT2D eigenvalue weighted by Crippen LogP contribution is -2.63. The Morgan fingerprint density at radius 2 is 2.17 bits per heavy atom. The fraction of sp³-hybridized carbons (Fsp3) is 0.923. The Balaban J connectivity index is 1.78. The maximum Gasteiger partial charge on any atom is 0.410 e. The highest BCUT2D eigenvalue weighted by Crippen LogP contribution is 2.40. The van der Waals surface area contributed by atoms with Crippen LogP contribution >= 0.6 is 0 Å². The first-order valence-corrected chi connectivity index (χ1v) is 6.63. The summed E-state index contributed by atoms with van der Waals surface area (Å²) in [7, 11) is 0. The lowest BCUT2D eigenvalue weighted by atomic mass is 9.74. The van der Waals surface area contributed by atoms with E-state index in [1.807, 2.05) is 20.8 Å². The Labute approximate surface area is 109 Å². The van der Waals surface area contributed by atoms with E-state index >= 15 is 0 Å². The Morgan fingerprint density at radius 3 is 2.61 bits per heavy atom. The topological polar surface area (TPSA) is 64.8 Å². The highest BCUT2D eigenvalue weighted by atomic mass is 16.6. The second-order valence-electron chi connectivity index (χ2n) is 6.54. The number of carbonyl (C=O) groups excluding carboxylic acids is 1. The minimum atomic E-state index is -0.423. The molecule has 2 saturated heterocycles. The molecule has 18 heavy (non-hydrogen) atoms. The summed E-state index contributed by atoms with van der Waals surface area (Å²) in [5.41, 5.74) is 5.32. The van der Waals surface area contributed by atoms with Gasteiger partial charge in [-0.15, -0.1) is 0 Å². The fourth-order valence-electron chi connectivity index (χ4n) is 2.57. The summed E-state index contributed by atoms with van der Waals surface area (Å²) in [6, 6.07) is 0. The minimum absolute atomic E-state index is 0.155. The van der Waals surface area contributed by atoms with E-state index in [2.05, 4.69) is 0 Å².